The zero-order valence-corrected chi connectivity index (χ0v) is 8.52. The minimum atomic E-state index is 0.419. The van der Waals surface area contributed by atoms with E-state index in [1.807, 2.05) is 33.0 Å². The van der Waals surface area contributed by atoms with Gasteiger partial charge in [-0.1, -0.05) is 13.8 Å². The number of fused-ring (bicyclic) bond motifs is 1. The molecule has 14 heavy (non-hydrogen) atoms. The average molecular weight is 188 g/mol. The third-order valence-corrected chi connectivity index (χ3v) is 1.59. The van der Waals surface area contributed by atoms with Gasteiger partial charge in [-0.15, -0.1) is 0 Å². The first-order chi connectivity index (χ1) is 6.79. The molecule has 0 aliphatic heterocycles. The van der Waals surface area contributed by atoms with Crippen LogP contribution >= 0.6 is 0 Å². The lowest BCUT2D eigenvalue weighted by molar-refractivity contribution is 1.07. The molecule has 0 saturated carbocycles. The normalized spacial score (nSPS) is 9.00. The highest BCUT2D eigenvalue weighted by molar-refractivity contribution is 5.40. The summed E-state index contributed by atoms with van der Waals surface area (Å²) in [4.78, 5) is 8.07. The fraction of sp³-hybridized carbons (Fsp3) is 0.300. The molecule has 0 spiro atoms. The number of aryl methyl sites for hydroxylation is 1. The van der Waals surface area contributed by atoms with Gasteiger partial charge in [0, 0.05) is 12.4 Å². The summed E-state index contributed by atoms with van der Waals surface area (Å²) in [5.41, 5.74) is 2.03. The van der Waals surface area contributed by atoms with E-state index < -0.39 is 0 Å². The van der Waals surface area contributed by atoms with Crippen molar-refractivity contribution in [2.24, 2.45) is 0 Å². The van der Waals surface area contributed by atoms with Crippen molar-refractivity contribution in [1.82, 2.24) is 14.4 Å². The summed E-state index contributed by atoms with van der Waals surface area (Å²) >= 11 is 0. The van der Waals surface area contributed by atoms with Gasteiger partial charge in [0.05, 0.1) is 11.9 Å². The maximum Gasteiger partial charge on any atom is 0.159 e. The second kappa shape index (κ2) is 4.38. The van der Waals surface area contributed by atoms with E-state index in [0.717, 1.165) is 5.69 Å². The molecule has 0 aromatic carbocycles. The van der Waals surface area contributed by atoms with E-state index in [2.05, 4.69) is 9.97 Å². The molecule has 0 radical (unpaired) electrons. The van der Waals surface area contributed by atoms with Gasteiger partial charge in [0.1, 0.15) is 6.07 Å². The van der Waals surface area contributed by atoms with Crippen LogP contribution in [0.5, 0.6) is 0 Å². The number of imidazole rings is 1. The first-order valence-corrected chi connectivity index (χ1v) is 4.51. The third kappa shape index (κ3) is 1.88. The Morgan fingerprint density at radius 1 is 1.36 bits per heavy atom. The van der Waals surface area contributed by atoms with Gasteiger partial charge in [-0.2, -0.15) is 5.26 Å². The molecule has 2 rings (SSSR count). The van der Waals surface area contributed by atoms with Gasteiger partial charge in [0.2, 0.25) is 0 Å². The van der Waals surface area contributed by atoms with Crippen LogP contribution in [-0.4, -0.2) is 14.4 Å². The molecule has 4 nitrogen and oxygen atoms in total. The molecule has 0 bridgehead atoms. The Morgan fingerprint density at radius 3 is 2.71 bits per heavy atom. The fourth-order valence-corrected chi connectivity index (χ4v) is 1.05. The van der Waals surface area contributed by atoms with Crippen LogP contribution in [-0.2, 0) is 0 Å². The first-order valence-electron chi connectivity index (χ1n) is 4.51. The Bertz CT molecular complexity index is 464. The topological polar surface area (TPSA) is 54.0 Å². The molecule has 0 unspecified atom stereocenters. The van der Waals surface area contributed by atoms with Gasteiger partial charge in [-0.05, 0) is 6.92 Å². The van der Waals surface area contributed by atoms with Crippen LogP contribution < -0.4 is 0 Å². The maximum atomic E-state index is 8.56. The van der Waals surface area contributed by atoms with Crippen molar-refractivity contribution in [3.63, 3.8) is 0 Å². The van der Waals surface area contributed by atoms with Crippen molar-refractivity contribution in [1.29, 1.82) is 5.26 Å². The molecule has 2 heterocycles. The van der Waals surface area contributed by atoms with Gasteiger partial charge < -0.3 is 4.40 Å². The summed E-state index contributed by atoms with van der Waals surface area (Å²) < 4.78 is 1.79. The monoisotopic (exact) mass is 188 g/mol. The SMILES string of the molecule is CC.Cc1cn2cc(C#N)nc2cn1. The fourth-order valence-electron chi connectivity index (χ4n) is 1.05. The van der Waals surface area contributed by atoms with Crippen molar-refractivity contribution in [3.8, 4) is 6.07 Å². The minimum absolute atomic E-state index is 0.419. The van der Waals surface area contributed by atoms with Gasteiger partial charge >= 0.3 is 0 Å². The summed E-state index contributed by atoms with van der Waals surface area (Å²) in [5, 5.41) is 8.56. The van der Waals surface area contributed by atoms with E-state index in [0.29, 0.717) is 11.3 Å². The van der Waals surface area contributed by atoms with Crippen LogP contribution in [0.4, 0.5) is 0 Å². The minimum Gasteiger partial charge on any atom is -0.303 e. The summed E-state index contributed by atoms with van der Waals surface area (Å²) in [6.45, 7) is 5.89. The zero-order valence-electron chi connectivity index (χ0n) is 8.52. The van der Waals surface area contributed by atoms with E-state index in [-0.39, 0.29) is 0 Å². The summed E-state index contributed by atoms with van der Waals surface area (Å²) in [7, 11) is 0. The van der Waals surface area contributed by atoms with Gasteiger partial charge in [0.15, 0.2) is 11.3 Å². The van der Waals surface area contributed by atoms with Crippen molar-refractivity contribution in [3.05, 3.63) is 30.0 Å². The molecule has 0 saturated heterocycles. The third-order valence-electron chi connectivity index (χ3n) is 1.59. The molecule has 0 N–H and O–H groups in total. The molecular weight excluding hydrogens is 176 g/mol. The predicted octanol–water partition coefficient (Wildman–Crippen LogP) is 1.94. The molecule has 2 aromatic heterocycles. The molecule has 0 aliphatic rings. The summed E-state index contributed by atoms with van der Waals surface area (Å²) in [6.07, 6.45) is 5.17. The highest BCUT2D eigenvalue weighted by Crippen LogP contribution is 2.03. The Balaban J connectivity index is 0.000000461. The van der Waals surface area contributed by atoms with Crippen LogP contribution in [0.1, 0.15) is 25.2 Å². The molecule has 72 valence electrons. The Morgan fingerprint density at radius 2 is 2.07 bits per heavy atom. The van der Waals surface area contributed by atoms with E-state index in [9.17, 15) is 0 Å². The molecule has 0 amide bonds. The van der Waals surface area contributed by atoms with Crippen LogP contribution in [0, 0.1) is 18.3 Å². The Labute approximate surface area is 82.8 Å². The quantitative estimate of drug-likeness (QED) is 0.634. The van der Waals surface area contributed by atoms with Crippen LogP contribution in [0.2, 0.25) is 0 Å². The van der Waals surface area contributed by atoms with Crippen LogP contribution in [0.25, 0.3) is 5.65 Å². The number of nitrogens with zero attached hydrogens (tertiary/aromatic N) is 4. The van der Waals surface area contributed by atoms with Crippen molar-refractivity contribution in [2.75, 3.05) is 0 Å². The second-order valence-corrected chi connectivity index (χ2v) is 2.53. The standard InChI is InChI=1S/C8H6N4.C2H6/c1-6-4-12-5-7(2-9)11-8(12)3-10-6;1-2/h3-5H,1H3;1-2H3. The number of hydrogen-bond acceptors (Lipinski definition) is 3. The molecule has 4 heteroatoms. The summed E-state index contributed by atoms with van der Waals surface area (Å²) in [5.74, 6) is 0. The predicted molar refractivity (Wildman–Crippen MR) is 53.8 cm³/mol. The molecule has 2 aromatic rings. The van der Waals surface area contributed by atoms with Gasteiger partial charge in [-0.25, -0.2) is 4.98 Å². The van der Waals surface area contributed by atoms with Crippen molar-refractivity contribution >= 4 is 5.65 Å². The Kier molecular flexibility index (Phi) is 3.19. The van der Waals surface area contributed by atoms with Crippen molar-refractivity contribution < 1.29 is 0 Å². The molecule has 0 fully saturated rings. The lowest BCUT2D eigenvalue weighted by Crippen LogP contribution is -1.87. The van der Waals surface area contributed by atoms with Crippen LogP contribution in [0.15, 0.2) is 18.6 Å². The van der Waals surface area contributed by atoms with Crippen molar-refractivity contribution in [2.45, 2.75) is 20.8 Å². The zero-order chi connectivity index (χ0) is 10.6. The van der Waals surface area contributed by atoms with E-state index in [1.54, 1.807) is 16.8 Å². The lowest BCUT2D eigenvalue weighted by Gasteiger charge is -1.92. The molecule has 0 atom stereocenters. The first kappa shape index (κ1) is 10.2. The number of rotatable bonds is 0. The van der Waals surface area contributed by atoms with E-state index >= 15 is 0 Å². The van der Waals surface area contributed by atoms with Crippen LogP contribution in [0.3, 0.4) is 0 Å². The maximum absolute atomic E-state index is 8.56. The second-order valence-electron chi connectivity index (χ2n) is 2.53. The largest absolute Gasteiger partial charge is 0.303 e. The van der Waals surface area contributed by atoms with Gasteiger partial charge in [-0.3, -0.25) is 4.98 Å². The average Bonchev–Trinajstić information content (AvgIpc) is 2.62. The van der Waals surface area contributed by atoms with E-state index in [1.165, 1.54) is 0 Å². The van der Waals surface area contributed by atoms with E-state index in [4.69, 9.17) is 5.26 Å². The highest BCUT2D eigenvalue weighted by Gasteiger charge is 1.99. The molecule has 0 aliphatic carbocycles. The van der Waals surface area contributed by atoms with Gasteiger partial charge in [0.25, 0.3) is 0 Å². The number of hydrogen-bond donors (Lipinski definition) is 0. The smallest absolute Gasteiger partial charge is 0.159 e. The number of aromatic nitrogens is 3. The molecular formula is C10H12N4. The number of nitriles is 1. The lowest BCUT2D eigenvalue weighted by atomic mass is 10.5. The summed E-state index contributed by atoms with van der Waals surface area (Å²) in [6, 6.07) is 1.98. The Hall–Kier alpha value is -1.89. The highest BCUT2D eigenvalue weighted by atomic mass is 15.0.